The Morgan fingerprint density at radius 3 is 2.96 bits per heavy atom. The monoisotopic (exact) mass is 372 g/mol. The van der Waals surface area contributed by atoms with Crippen LogP contribution in [0.15, 0.2) is 30.6 Å². The Morgan fingerprint density at radius 2 is 2.22 bits per heavy atom. The second kappa shape index (κ2) is 9.33. The highest BCUT2D eigenvalue weighted by atomic mass is 16.5. The van der Waals surface area contributed by atoms with E-state index in [1.807, 2.05) is 35.0 Å². The van der Waals surface area contributed by atoms with Gasteiger partial charge in [0.1, 0.15) is 5.65 Å². The van der Waals surface area contributed by atoms with Crippen LogP contribution in [0.5, 0.6) is 0 Å². The van der Waals surface area contributed by atoms with Crippen LogP contribution < -0.4 is 10.6 Å². The number of fused-ring (bicyclic) bond motifs is 1. The number of ether oxygens (including phenoxy) is 1. The Balaban J connectivity index is 1.55. The Bertz CT molecular complexity index is 710. The van der Waals surface area contributed by atoms with E-state index in [9.17, 15) is 4.79 Å². The number of imidazole rings is 1. The Kier molecular flexibility index (Phi) is 6.85. The average molecular weight is 373 g/mol. The molecule has 0 unspecified atom stereocenters. The van der Waals surface area contributed by atoms with Crippen molar-refractivity contribution in [1.82, 2.24) is 20.0 Å². The van der Waals surface area contributed by atoms with Gasteiger partial charge in [-0.25, -0.2) is 4.98 Å². The Labute approximate surface area is 161 Å². The van der Waals surface area contributed by atoms with Gasteiger partial charge in [0.15, 0.2) is 0 Å². The summed E-state index contributed by atoms with van der Waals surface area (Å²) in [4.78, 5) is 17.3. The number of nitrogens with one attached hydrogen (secondary N) is 2. The molecule has 1 aliphatic carbocycles. The molecule has 1 aliphatic rings. The first-order valence-corrected chi connectivity index (χ1v) is 10.1. The van der Waals surface area contributed by atoms with E-state index in [1.54, 1.807) is 0 Å². The lowest BCUT2D eigenvalue weighted by Crippen LogP contribution is -2.50. The zero-order valence-corrected chi connectivity index (χ0v) is 16.6. The van der Waals surface area contributed by atoms with E-state index >= 15 is 0 Å². The van der Waals surface area contributed by atoms with E-state index < -0.39 is 0 Å². The molecule has 0 radical (unpaired) electrons. The van der Waals surface area contributed by atoms with E-state index in [4.69, 9.17) is 4.74 Å². The predicted octanol–water partition coefficient (Wildman–Crippen LogP) is 2.91. The summed E-state index contributed by atoms with van der Waals surface area (Å²) >= 11 is 0. The van der Waals surface area contributed by atoms with Crippen molar-refractivity contribution in [3.8, 4) is 0 Å². The lowest BCUT2D eigenvalue weighted by molar-refractivity contribution is -0.128. The molecule has 27 heavy (non-hydrogen) atoms. The molecule has 0 aliphatic heterocycles. The number of carbonyl (C=O) groups is 1. The number of carbonyl (C=O) groups excluding carboxylic acids is 1. The van der Waals surface area contributed by atoms with Crippen molar-refractivity contribution in [2.24, 2.45) is 5.92 Å². The van der Waals surface area contributed by atoms with Crippen molar-refractivity contribution in [3.05, 3.63) is 36.3 Å². The standard InChI is InChI=1S/C21H32N4O2/c1-4-11-27-19-12-16(8-9-18(19)23-15(2)3)21(26)22-13-17-14-25-10-6-5-7-20(25)24-17/h5-7,10,14-16,18-19,23H,4,8-9,11-13H2,1-3H3,(H,22,26)/t16-,18+,19+/m0/s1. The molecule has 0 saturated heterocycles. The highest BCUT2D eigenvalue weighted by Gasteiger charge is 2.34. The van der Waals surface area contributed by atoms with Gasteiger partial charge in [0, 0.05) is 37.0 Å². The number of aromatic nitrogens is 2. The lowest BCUT2D eigenvalue weighted by Gasteiger charge is -2.37. The van der Waals surface area contributed by atoms with Crippen molar-refractivity contribution in [2.45, 2.75) is 71.2 Å². The third-order valence-corrected chi connectivity index (χ3v) is 5.10. The maximum Gasteiger partial charge on any atom is 0.223 e. The third kappa shape index (κ3) is 5.30. The van der Waals surface area contributed by atoms with E-state index in [2.05, 4.69) is 36.4 Å². The summed E-state index contributed by atoms with van der Waals surface area (Å²) in [5, 5.41) is 6.67. The fraction of sp³-hybridized carbons (Fsp3) is 0.619. The van der Waals surface area contributed by atoms with Gasteiger partial charge in [0.25, 0.3) is 0 Å². The summed E-state index contributed by atoms with van der Waals surface area (Å²) in [6.07, 6.45) is 7.68. The van der Waals surface area contributed by atoms with Crippen LogP contribution in [0.2, 0.25) is 0 Å². The quantitative estimate of drug-likeness (QED) is 0.748. The highest BCUT2D eigenvalue weighted by molar-refractivity contribution is 5.78. The maximum atomic E-state index is 12.7. The molecular weight excluding hydrogens is 340 g/mol. The summed E-state index contributed by atoms with van der Waals surface area (Å²) in [5.74, 6) is 0.120. The molecule has 2 aromatic rings. The fourth-order valence-electron chi connectivity index (χ4n) is 3.83. The smallest absolute Gasteiger partial charge is 0.223 e. The molecule has 148 valence electrons. The van der Waals surface area contributed by atoms with Gasteiger partial charge in [-0.1, -0.05) is 26.8 Å². The van der Waals surface area contributed by atoms with Crippen LogP contribution in [0.25, 0.3) is 5.65 Å². The fourth-order valence-corrected chi connectivity index (χ4v) is 3.83. The van der Waals surface area contributed by atoms with Gasteiger partial charge in [-0.15, -0.1) is 0 Å². The lowest BCUT2D eigenvalue weighted by atomic mass is 9.83. The van der Waals surface area contributed by atoms with E-state index in [1.165, 1.54) is 0 Å². The van der Waals surface area contributed by atoms with Crippen LogP contribution in [-0.4, -0.2) is 40.1 Å². The molecule has 0 bridgehead atoms. The molecule has 2 aromatic heterocycles. The van der Waals surface area contributed by atoms with Crippen molar-refractivity contribution >= 4 is 11.6 Å². The van der Waals surface area contributed by atoms with Gasteiger partial charge in [0.05, 0.1) is 18.3 Å². The number of pyridine rings is 1. The first kappa shape index (κ1) is 19.8. The van der Waals surface area contributed by atoms with Gasteiger partial charge < -0.3 is 19.8 Å². The molecular formula is C21H32N4O2. The summed E-state index contributed by atoms with van der Waals surface area (Å²) in [5.41, 5.74) is 1.78. The summed E-state index contributed by atoms with van der Waals surface area (Å²) in [6, 6.07) is 6.65. The second-order valence-electron chi connectivity index (χ2n) is 7.76. The molecule has 0 spiro atoms. The van der Waals surface area contributed by atoms with E-state index in [-0.39, 0.29) is 17.9 Å². The average Bonchev–Trinajstić information content (AvgIpc) is 3.08. The molecule has 2 heterocycles. The number of hydrogen-bond acceptors (Lipinski definition) is 4. The van der Waals surface area contributed by atoms with Gasteiger partial charge in [-0.05, 0) is 37.8 Å². The van der Waals surface area contributed by atoms with Crippen LogP contribution in [0.3, 0.4) is 0 Å². The molecule has 1 saturated carbocycles. The maximum absolute atomic E-state index is 12.7. The zero-order valence-electron chi connectivity index (χ0n) is 16.6. The first-order chi connectivity index (χ1) is 13.1. The van der Waals surface area contributed by atoms with Gasteiger partial charge in [-0.3, -0.25) is 4.79 Å². The SMILES string of the molecule is CCCO[C@@H]1C[C@@H](C(=O)NCc2cn3ccccc3n2)CC[C@H]1NC(C)C. The van der Waals surface area contributed by atoms with Crippen LogP contribution in [0.1, 0.15) is 52.1 Å². The highest BCUT2D eigenvalue weighted by Crippen LogP contribution is 2.27. The number of rotatable bonds is 8. The van der Waals surface area contributed by atoms with Crippen LogP contribution in [-0.2, 0) is 16.1 Å². The molecule has 6 heteroatoms. The summed E-state index contributed by atoms with van der Waals surface area (Å²) in [6.45, 7) is 7.64. The molecule has 6 nitrogen and oxygen atoms in total. The van der Waals surface area contributed by atoms with Gasteiger partial charge in [0.2, 0.25) is 5.91 Å². The summed E-state index contributed by atoms with van der Waals surface area (Å²) in [7, 11) is 0. The Morgan fingerprint density at radius 1 is 1.37 bits per heavy atom. The largest absolute Gasteiger partial charge is 0.377 e. The number of hydrogen-bond donors (Lipinski definition) is 2. The molecule has 2 N–H and O–H groups in total. The van der Waals surface area contributed by atoms with Gasteiger partial charge >= 0.3 is 0 Å². The minimum atomic E-state index is 0.00843. The molecule has 1 fully saturated rings. The molecule has 1 amide bonds. The molecule has 3 atom stereocenters. The normalized spacial score (nSPS) is 23.0. The van der Waals surface area contributed by atoms with E-state index in [0.29, 0.717) is 18.6 Å². The molecule has 3 rings (SSSR count). The number of amides is 1. The van der Waals surface area contributed by atoms with Crippen molar-refractivity contribution in [3.63, 3.8) is 0 Å². The first-order valence-electron chi connectivity index (χ1n) is 10.1. The summed E-state index contributed by atoms with van der Waals surface area (Å²) < 4.78 is 8.04. The molecule has 0 aromatic carbocycles. The zero-order chi connectivity index (χ0) is 19.2. The predicted molar refractivity (Wildman–Crippen MR) is 106 cm³/mol. The number of nitrogens with zero attached hydrogens (tertiary/aromatic N) is 2. The van der Waals surface area contributed by atoms with Crippen molar-refractivity contribution < 1.29 is 9.53 Å². The topological polar surface area (TPSA) is 67.7 Å². The second-order valence-corrected chi connectivity index (χ2v) is 7.76. The minimum absolute atomic E-state index is 0.00843. The van der Waals surface area contributed by atoms with Crippen LogP contribution in [0.4, 0.5) is 0 Å². The Hall–Kier alpha value is -1.92. The van der Waals surface area contributed by atoms with E-state index in [0.717, 1.165) is 43.6 Å². The van der Waals surface area contributed by atoms with Crippen molar-refractivity contribution in [1.29, 1.82) is 0 Å². The minimum Gasteiger partial charge on any atom is -0.377 e. The van der Waals surface area contributed by atoms with Gasteiger partial charge in [-0.2, -0.15) is 0 Å². The van der Waals surface area contributed by atoms with Crippen LogP contribution in [0, 0.1) is 5.92 Å². The third-order valence-electron chi connectivity index (χ3n) is 5.10. The van der Waals surface area contributed by atoms with Crippen molar-refractivity contribution in [2.75, 3.05) is 6.61 Å². The van der Waals surface area contributed by atoms with Crippen LogP contribution >= 0.6 is 0 Å².